The second-order valence-electron chi connectivity index (χ2n) is 6.59. The molecule has 1 atom stereocenters. The molecule has 0 bridgehead atoms. The lowest BCUT2D eigenvalue weighted by molar-refractivity contribution is -0.113. The molecule has 0 saturated heterocycles. The Labute approximate surface area is 152 Å². The number of hydrogen-bond donors (Lipinski definition) is 1. The maximum Gasteiger partial charge on any atom is 0.192 e. The molecule has 0 spiro atoms. The van der Waals surface area contributed by atoms with Crippen molar-refractivity contribution >= 4 is 17.3 Å². The fourth-order valence-electron chi connectivity index (χ4n) is 3.93. The van der Waals surface area contributed by atoms with Crippen LogP contribution in [-0.2, 0) is 4.79 Å². The summed E-state index contributed by atoms with van der Waals surface area (Å²) in [5.74, 6) is 0.304. The molecule has 0 aromatic heterocycles. The van der Waals surface area contributed by atoms with E-state index in [4.69, 9.17) is 4.74 Å². The predicted octanol–water partition coefficient (Wildman–Crippen LogP) is 3.85. The van der Waals surface area contributed by atoms with Gasteiger partial charge in [0.25, 0.3) is 0 Å². The van der Waals surface area contributed by atoms with Crippen molar-refractivity contribution in [1.29, 1.82) is 0 Å². The van der Waals surface area contributed by atoms with Crippen LogP contribution in [0.25, 0.3) is 5.70 Å². The van der Waals surface area contributed by atoms with Gasteiger partial charge in [0, 0.05) is 33.9 Å². The van der Waals surface area contributed by atoms with E-state index >= 15 is 0 Å². The number of allylic oxidation sites excluding steroid dienone is 3. The molecule has 0 radical (unpaired) electrons. The van der Waals surface area contributed by atoms with Crippen LogP contribution in [0, 0.1) is 0 Å². The Kier molecular flexibility index (Phi) is 3.76. The molecule has 0 saturated carbocycles. The highest BCUT2D eigenvalue weighted by atomic mass is 16.5. The highest BCUT2D eigenvalue weighted by Gasteiger charge is 2.41. The van der Waals surface area contributed by atoms with Gasteiger partial charge in [-0.2, -0.15) is 0 Å². The number of methoxy groups -OCH3 is 1. The number of benzene rings is 2. The fraction of sp³-hybridized carbons (Fsp3) is 0.182. The van der Waals surface area contributed by atoms with E-state index in [9.17, 15) is 9.59 Å². The number of Topliss-reactive ketones (excluding diaryl/α,β-unsaturated/α-hetero) is 2. The van der Waals surface area contributed by atoms with Crippen LogP contribution in [0.5, 0.6) is 5.75 Å². The van der Waals surface area contributed by atoms with Crippen molar-refractivity contribution in [2.75, 3.05) is 7.11 Å². The first-order chi connectivity index (χ1) is 12.5. The smallest absolute Gasteiger partial charge is 0.192 e. The SMILES string of the molecule is COc1ccc([C@H]2C(C(C)=O)=C(C)NC3=C2C(=O)c2ccccc23)cc1. The molecule has 26 heavy (non-hydrogen) atoms. The minimum absolute atomic E-state index is 0.0184. The van der Waals surface area contributed by atoms with Gasteiger partial charge in [-0.3, -0.25) is 9.59 Å². The van der Waals surface area contributed by atoms with Crippen molar-refractivity contribution in [3.63, 3.8) is 0 Å². The molecule has 1 heterocycles. The average molecular weight is 345 g/mol. The van der Waals surface area contributed by atoms with Gasteiger partial charge in [0.15, 0.2) is 11.6 Å². The van der Waals surface area contributed by atoms with Gasteiger partial charge < -0.3 is 10.1 Å². The highest BCUT2D eigenvalue weighted by molar-refractivity contribution is 6.23. The Morgan fingerprint density at radius 3 is 2.31 bits per heavy atom. The minimum Gasteiger partial charge on any atom is -0.497 e. The third-order valence-electron chi connectivity index (χ3n) is 5.08. The molecule has 4 rings (SSSR count). The average Bonchev–Trinajstić information content (AvgIpc) is 2.93. The molecule has 1 N–H and O–H groups in total. The van der Waals surface area contributed by atoms with E-state index in [2.05, 4.69) is 5.32 Å². The summed E-state index contributed by atoms with van der Waals surface area (Å²) in [6, 6.07) is 15.1. The molecule has 0 unspecified atom stereocenters. The minimum atomic E-state index is -0.380. The van der Waals surface area contributed by atoms with Crippen molar-refractivity contribution in [1.82, 2.24) is 5.32 Å². The number of dihydropyridines is 1. The molecule has 2 aromatic carbocycles. The van der Waals surface area contributed by atoms with E-state index in [0.717, 1.165) is 28.3 Å². The summed E-state index contributed by atoms with van der Waals surface area (Å²) in [5.41, 5.74) is 5.37. The van der Waals surface area contributed by atoms with E-state index in [-0.39, 0.29) is 17.5 Å². The van der Waals surface area contributed by atoms with Crippen LogP contribution < -0.4 is 10.1 Å². The standard InChI is InChI=1S/C22H19NO3/c1-12-18(13(2)24)19(14-8-10-15(26-3)11-9-14)20-21(23-12)16-6-4-5-7-17(16)22(20)25/h4-11,19,23H,1-3H3/t19-/m0/s1. The summed E-state index contributed by atoms with van der Waals surface area (Å²) in [6.45, 7) is 3.44. The van der Waals surface area contributed by atoms with Crippen LogP contribution in [0.15, 0.2) is 65.4 Å². The van der Waals surface area contributed by atoms with E-state index in [1.54, 1.807) is 14.0 Å². The van der Waals surface area contributed by atoms with Crippen LogP contribution in [0.1, 0.15) is 41.3 Å². The van der Waals surface area contributed by atoms with Crippen molar-refractivity contribution in [3.05, 3.63) is 82.1 Å². The highest BCUT2D eigenvalue weighted by Crippen LogP contribution is 2.46. The number of fused-ring (bicyclic) bond motifs is 2. The first kappa shape index (κ1) is 16.3. The van der Waals surface area contributed by atoms with Crippen molar-refractivity contribution in [3.8, 4) is 5.75 Å². The zero-order valence-electron chi connectivity index (χ0n) is 14.9. The zero-order chi connectivity index (χ0) is 18.4. The van der Waals surface area contributed by atoms with Gasteiger partial charge in [-0.1, -0.05) is 36.4 Å². The summed E-state index contributed by atoms with van der Waals surface area (Å²) in [7, 11) is 1.61. The zero-order valence-corrected chi connectivity index (χ0v) is 14.9. The Balaban J connectivity index is 1.93. The second-order valence-corrected chi connectivity index (χ2v) is 6.59. The quantitative estimate of drug-likeness (QED) is 0.918. The van der Waals surface area contributed by atoms with E-state index in [1.165, 1.54) is 0 Å². The Morgan fingerprint density at radius 2 is 1.69 bits per heavy atom. The first-order valence-electron chi connectivity index (χ1n) is 8.54. The monoisotopic (exact) mass is 345 g/mol. The molecule has 0 amide bonds. The summed E-state index contributed by atoms with van der Waals surface area (Å²) < 4.78 is 5.24. The number of carbonyl (C=O) groups is 2. The third-order valence-corrected chi connectivity index (χ3v) is 5.08. The van der Waals surface area contributed by atoms with Crippen molar-refractivity contribution in [2.24, 2.45) is 0 Å². The first-order valence-corrected chi connectivity index (χ1v) is 8.54. The van der Waals surface area contributed by atoms with Gasteiger partial charge in [0.2, 0.25) is 0 Å². The fourth-order valence-corrected chi connectivity index (χ4v) is 3.93. The predicted molar refractivity (Wildman–Crippen MR) is 99.9 cm³/mol. The molecule has 2 aliphatic rings. The lowest BCUT2D eigenvalue weighted by Crippen LogP contribution is -2.27. The van der Waals surface area contributed by atoms with Crippen molar-refractivity contribution < 1.29 is 14.3 Å². The maximum atomic E-state index is 13.2. The summed E-state index contributed by atoms with van der Waals surface area (Å²) in [5, 5.41) is 3.31. The van der Waals surface area contributed by atoms with Crippen molar-refractivity contribution in [2.45, 2.75) is 19.8 Å². The van der Waals surface area contributed by atoms with E-state index in [0.29, 0.717) is 16.7 Å². The molecule has 0 fully saturated rings. The molecule has 130 valence electrons. The molecular weight excluding hydrogens is 326 g/mol. The summed E-state index contributed by atoms with van der Waals surface area (Å²) >= 11 is 0. The van der Waals surface area contributed by atoms with Gasteiger partial charge in [-0.05, 0) is 31.5 Å². The molecule has 2 aromatic rings. The van der Waals surface area contributed by atoms with Gasteiger partial charge in [-0.25, -0.2) is 0 Å². The normalized spacial score (nSPS) is 18.4. The lowest BCUT2D eigenvalue weighted by Gasteiger charge is -2.29. The largest absolute Gasteiger partial charge is 0.497 e. The lowest BCUT2D eigenvalue weighted by atomic mass is 9.78. The third kappa shape index (κ3) is 2.30. The van der Waals surface area contributed by atoms with Crippen LogP contribution in [0.4, 0.5) is 0 Å². The van der Waals surface area contributed by atoms with Gasteiger partial charge >= 0.3 is 0 Å². The number of ketones is 2. The number of hydrogen-bond acceptors (Lipinski definition) is 4. The molecule has 4 heteroatoms. The topological polar surface area (TPSA) is 55.4 Å². The number of rotatable bonds is 3. The number of carbonyl (C=O) groups excluding carboxylic acids is 2. The van der Waals surface area contributed by atoms with Gasteiger partial charge in [0.05, 0.1) is 12.8 Å². The Hall–Kier alpha value is -3.14. The van der Waals surface area contributed by atoms with Gasteiger partial charge in [-0.15, -0.1) is 0 Å². The van der Waals surface area contributed by atoms with Crippen LogP contribution in [0.3, 0.4) is 0 Å². The maximum absolute atomic E-state index is 13.2. The van der Waals surface area contributed by atoms with Crippen LogP contribution in [-0.4, -0.2) is 18.7 Å². The van der Waals surface area contributed by atoms with Crippen LogP contribution >= 0.6 is 0 Å². The second kappa shape index (κ2) is 5.99. The molecule has 1 aliphatic carbocycles. The molecule has 1 aliphatic heterocycles. The van der Waals surface area contributed by atoms with E-state index < -0.39 is 0 Å². The van der Waals surface area contributed by atoms with E-state index in [1.807, 2.05) is 55.5 Å². The summed E-state index contributed by atoms with van der Waals surface area (Å²) in [4.78, 5) is 25.6. The molecular formula is C22H19NO3. The Bertz CT molecular complexity index is 996. The number of nitrogens with one attached hydrogen (secondary N) is 1. The number of ether oxygens (including phenoxy) is 1. The summed E-state index contributed by atoms with van der Waals surface area (Å²) in [6.07, 6.45) is 0. The van der Waals surface area contributed by atoms with Crippen LogP contribution in [0.2, 0.25) is 0 Å². The molecule has 4 nitrogen and oxygen atoms in total. The Morgan fingerprint density at radius 1 is 1.04 bits per heavy atom. The van der Waals surface area contributed by atoms with Gasteiger partial charge in [0.1, 0.15) is 5.75 Å².